The van der Waals surface area contributed by atoms with Gasteiger partial charge in [-0.05, 0) is 29.8 Å². The Morgan fingerprint density at radius 2 is 1.95 bits per heavy atom. The molecule has 0 bridgehead atoms. The summed E-state index contributed by atoms with van der Waals surface area (Å²) in [6.07, 6.45) is 1.69. The molecule has 0 atom stereocenters. The van der Waals surface area contributed by atoms with Crippen LogP contribution in [0.4, 0.5) is 4.39 Å². The van der Waals surface area contributed by atoms with Gasteiger partial charge in [0.15, 0.2) is 0 Å². The third-order valence-electron chi connectivity index (χ3n) is 2.99. The lowest BCUT2D eigenvalue weighted by Gasteiger charge is -1.99. The molecule has 1 amide bonds. The average molecular weight is 345 g/mol. The summed E-state index contributed by atoms with van der Waals surface area (Å²) < 4.78 is 14.1. The molecule has 0 aliphatic carbocycles. The predicted octanol–water partition coefficient (Wildman–Crippen LogP) is 3.51. The maximum Gasteiger partial charge on any atom is 0.275 e. The van der Waals surface area contributed by atoms with Crippen LogP contribution in [0.5, 0.6) is 0 Å². The van der Waals surface area contributed by atoms with E-state index in [2.05, 4.69) is 26.2 Å². The zero-order chi connectivity index (χ0) is 14.8. The van der Waals surface area contributed by atoms with Crippen molar-refractivity contribution in [1.29, 1.82) is 0 Å². The SMILES string of the molecule is O=C1NC(c2cccc(F)c2)=N/C1=C\c1ccccc1Br. The van der Waals surface area contributed by atoms with Crippen molar-refractivity contribution < 1.29 is 9.18 Å². The van der Waals surface area contributed by atoms with E-state index in [-0.39, 0.29) is 11.7 Å². The highest BCUT2D eigenvalue weighted by Crippen LogP contribution is 2.21. The number of nitrogens with zero attached hydrogens (tertiary/aromatic N) is 1. The molecule has 0 saturated carbocycles. The van der Waals surface area contributed by atoms with Gasteiger partial charge >= 0.3 is 0 Å². The van der Waals surface area contributed by atoms with Gasteiger partial charge in [0.1, 0.15) is 17.3 Å². The highest BCUT2D eigenvalue weighted by molar-refractivity contribution is 9.10. The number of hydrogen-bond acceptors (Lipinski definition) is 2. The van der Waals surface area contributed by atoms with Gasteiger partial charge in [-0.15, -0.1) is 0 Å². The standard InChI is InChI=1S/C16H10BrFN2O/c17-13-7-2-1-4-10(13)9-14-16(21)20-15(19-14)11-5-3-6-12(18)8-11/h1-9H,(H,19,20,21)/b14-9-. The fraction of sp³-hybridized carbons (Fsp3) is 0. The number of benzene rings is 2. The monoisotopic (exact) mass is 344 g/mol. The van der Waals surface area contributed by atoms with Gasteiger partial charge in [-0.1, -0.05) is 46.3 Å². The first-order chi connectivity index (χ1) is 10.1. The molecule has 2 aromatic rings. The smallest absolute Gasteiger partial charge is 0.275 e. The molecule has 1 N–H and O–H groups in total. The molecule has 0 saturated heterocycles. The Hall–Kier alpha value is -2.27. The number of carbonyl (C=O) groups is 1. The second kappa shape index (κ2) is 5.61. The van der Waals surface area contributed by atoms with Crippen LogP contribution in [-0.4, -0.2) is 11.7 Å². The molecule has 1 heterocycles. The van der Waals surface area contributed by atoms with E-state index >= 15 is 0 Å². The second-order valence-corrected chi connectivity index (χ2v) is 5.33. The topological polar surface area (TPSA) is 41.5 Å². The summed E-state index contributed by atoms with van der Waals surface area (Å²) in [6.45, 7) is 0. The fourth-order valence-electron chi connectivity index (χ4n) is 1.98. The molecule has 104 valence electrons. The number of amides is 1. The maximum atomic E-state index is 13.2. The van der Waals surface area contributed by atoms with Gasteiger partial charge in [0.05, 0.1) is 0 Å². The molecule has 3 rings (SSSR count). The Morgan fingerprint density at radius 1 is 1.14 bits per heavy atom. The second-order valence-electron chi connectivity index (χ2n) is 4.48. The van der Waals surface area contributed by atoms with Crippen molar-refractivity contribution in [3.8, 4) is 0 Å². The minimum Gasteiger partial charge on any atom is -0.305 e. The van der Waals surface area contributed by atoms with Crippen LogP contribution in [0, 0.1) is 5.82 Å². The molecule has 5 heteroatoms. The Balaban J connectivity index is 1.98. The first-order valence-corrected chi connectivity index (χ1v) is 7.05. The number of amidine groups is 1. The minimum atomic E-state index is -0.368. The third kappa shape index (κ3) is 2.92. The Labute approximate surface area is 129 Å². The summed E-state index contributed by atoms with van der Waals surface area (Å²) in [5, 5.41) is 2.65. The Bertz CT molecular complexity index is 783. The maximum absolute atomic E-state index is 13.2. The van der Waals surface area contributed by atoms with Crippen molar-refractivity contribution in [2.75, 3.05) is 0 Å². The number of rotatable bonds is 2. The summed E-state index contributed by atoms with van der Waals surface area (Å²) in [6, 6.07) is 13.5. The van der Waals surface area contributed by atoms with Crippen LogP contribution < -0.4 is 5.32 Å². The number of halogens is 2. The van der Waals surface area contributed by atoms with E-state index in [0.717, 1.165) is 10.0 Å². The molecule has 0 aromatic heterocycles. The largest absolute Gasteiger partial charge is 0.305 e. The van der Waals surface area contributed by atoms with Crippen molar-refractivity contribution in [3.05, 3.63) is 75.6 Å². The predicted molar refractivity (Wildman–Crippen MR) is 83.2 cm³/mol. The lowest BCUT2D eigenvalue weighted by Crippen LogP contribution is -2.24. The number of nitrogens with one attached hydrogen (secondary N) is 1. The van der Waals surface area contributed by atoms with E-state index in [0.29, 0.717) is 17.1 Å². The van der Waals surface area contributed by atoms with Crippen LogP contribution in [0.15, 0.2) is 63.7 Å². The molecule has 1 aliphatic rings. The van der Waals surface area contributed by atoms with Crippen molar-refractivity contribution >= 4 is 33.7 Å². The third-order valence-corrected chi connectivity index (χ3v) is 3.71. The molecule has 3 nitrogen and oxygen atoms in total. The molecule has 0 fully saturated rings. The van der Waals surface area contributed by atoms with Crippen molar-refractivity contribution in [3.63, 3.8) is 0 Å². The minimum absolute atomic E-state index is 0.293. The summed E-state index contributed by atoms with van der Waals surface area (Å²) in [5.41, 5.74) is 1.69. The summed E-state index contributed by atoms with van der Waals surface area (Å²) in [7, 11) is 0. The highest BCUT2D eigenvalue weighted by Gasteiger charge is 2.21. The molecule has 0 unspecified atom stereocenters. The van der Waals surface area contributed by atoms with Crippen molar-refractivity contribution in [2.24, 2.45) is 4.99 Å². The molecule has 0 spiro atoms. The average Bonchev–Trinajstić information content (AvgIpc) is 2.83. The normalized spacial score (nSPS) is 16.0. The Kier molecular flexibility index (Phi) is 3.66. The first-order valence-electron chi connectivity index (χ1n) is 6.26. The van der Waals surface area contributed by atoms with E-state index in [4.69, 9.17) is 0 Å². The van der Waals surface area contributed by atoms with E-state index in [1.807, 2.05) is 24.3 Å². The quantitative estimate of drug-likeness (QED) is 0.832. The van der Waals surface area contributed by atoms with Crippen LogP contribution in [-0.2, 0) is 4.79 Å². The summed E-state index contributed by atoms with van der Waals surface area (Å²) in [4.78, 5) is 16.2. The molecular weight excluding hydrogens is 335 g/mol. The van der Waals surface area contributed by atoms with Gasteiger partial charge in [0.25, 0.3) is 5.91 Å². The van der Waals surface area contributed by atoms with Gasteiger partial charge in [-0.3, -0.25) is 4.79 Å². The van der Waals surface area contributed by atoms with Gasteiger partial charge in [0.2, 0.25) is 0 Å². The van der Waals surface area contributed by atoms with E-state index < -0.39 is 0 Å². The summed E-state index contributed by atoms with van der Waals surface area (Å²) in [5.74, 6) is -0.310. The van der Waals surface area contributed by atoms with E-state index in [1.165, 1.54) is 12.1 Å². The van der Waals surface area contributed by atoms with Gasteiger partial charge < -0.3 is 5.32 Å². The molecule has 1 aliphatic heterocycles. The number of hydrogen-bond donors (Lipinski definition) is 1. The van der Waals surface area contributed by atoms with Crippen LogP contribution >= 0.6 is 15.9 Å². The zero-order valence-electron chi connectivity index (χ0n) is 10.8. The number of carbonyl (C=O) groups excluding carboxylic acids is 1. The molecule has 2 aromatic carbocycles. The van der Waals surface area contributed by atoms with Crippen LogP contribution in [0.25, 0.3) is 6.08 Å². The fourth-order valence-corrected chi connectivity index (χ4v) is 2.38. The van der Waals surface area contributed by atoms with E-state index in [9.17, 15) is 9.18 Å². The lowest BCUT2D eigenvalue weighted by atomic mass is 10.2. The molecular formula is C16H10BrFN2O. The van der Waals surface area contributed by atoms with Gasteiger partial charge in [-0.25, -0.2) is 9.38 Å². The lowest BCUT2D eigenvalue weighted by molar-refractivity contribution is -0.115. The van der Waals surface area contributed by atoms with Gasteiger partial charge in [-0.2, -0.15) is 0 Å². The summed E-state index contributed by atoms with van der Waals surface area (Å²) >= 11 is 3.42. The van der Waals surface area contributed by atoms with Crippen LogP contribution in [0.1, 0.15) is 11.1 Å². The van der Waals surface area contributed by atoms with Crippen molar-refractivity contribution in [1.82, 2.24) is 5.32 Å². The molecule has 21 heavy (non-hydrogen) atoms. The van der Waals surface area contributed by atoms with Crippen LogP contribution in [0.2, 0.25) is 0 Å². The van der Waals surface area contributed by atoms with Crippen LogP contribution in [0.3, 0.4) is 0 Å². The number of aliphatic imine (C=N–C) groups is 1. The van der Waals surface area contributed by atoms with E-state index in [1.54, 1.807) is 18.2 Å². The Morgan fingerprint density at radius 3 is 2.71 bits per heavy atom. The van der Waals surface area contributed by atoms with Gasteiger partial charge in [0, 0.05) is 10.0 Å². The first kappa shape index (κ1) is 13.7. The zero-order valence-corrected chi connectivity index (χ0v) is 12.4. The molecule has 0 radical (unpaired) electrons. The van der Waals surface area contributed by atoms with Crippen molar-refractivity contribution in [2.45, 2.75) is 0 Å². The highest BCUT2D eigenvalue weighted by atomic mass is 79.9.